The quantitative estimate of drug-likeness (QED) is 0.360. The molecule has 3 aliphatic rings. The zero-order valence-electron chi connectivity index (χ0n) is 16.3. The van der Waals surface area contributed by atoms with Crippen molar-refractivity contribution in [1.82, 2.24) is 28.9 Å². The van der Waals surface area contributed by atoms with Gasteiger partial charge in [0.15, 0.2) is 0 Å². The second-order valence-corrected chi connectivity index (χ2v) is 18.0. The highest BCUT2D eigenvalue weighted by Crippen LogP contribution is 2.76. The summed E-state index contributed by atoms with van der Waals surface area (Å²) in [7, 11) is 1.25. The molecule has 0 spiro atoms. The lowest BCUT2D eigenvalue weighted by atomic mass is 11.0. The van der Waals surface area contributed by atoms with Crippen molar-refractivity contribution in [3.8, 4) is 0 Å². The van der Waals surface area contributed by atoms with Gasteiger partial charge in [0.25, 0.3) is 0 Å². The highest BCUT2D eigenvalue weighted by molar-refractivity contribution is 7.83. The van der Waals surface area contributed by atoms with Gasteiger partial charge in [-0.1, -0.05) is 0 Å². The van der Waals surface area contributed by atoms with E-state index in [1.54, 1.807) is 0 Å². The summed E-state index contributed by atoms with van der Waals surface area (Å²) in [6, 6.07) is 0. The number of nitrogens with one attached hydrogen (secondary N) is 2. The topological polar surface area (TPSA) is 138 Å². The lowest BCUT2D eigenvalue weighted by Crippen LogP contribution is -2.22. The number of hydrogen-bond donors (Lipinski definition) is 4. The standard InChI is InChI=1S/C10H32N12P4/c1-13-25(21-7-8-21)15-23(11,19(3)4)17-26(14-2,22-9-10-22)18-24(12,16-25)20(5)6/h13-14H,7-12H2,1-6H3. The van der Waals surface area contributed by atoms with Gasteiger partial charge in [0.05, 0.1) is 0 Å². The summed E-state index contributed by atoms with van der Waals surface area (Å²) >= 11 is 0. The van der Waals surface area contributed by atoms with Gasteiger partial charge in [0.1, 0.15) is 0 Å². The molecule has 0 bridgehead atoms. The zero-order chi connectivity index (χ0) is 19.4. The molecule has 0 aliphatic carbocycles. The van der Waals surface area contributed by atoms with Crippen LogP contribution in [-0.2, 0) is 0 Å². The smallest absolute Gasteiger partial charge is 0.218 e. The first-order valence-corrected chi connectivity index (χ1v) is 15.1. The third-order valence-corrected chi connectivity index (χ3v) is 18.6. The molecule has 0 aromatic rings. The molecule has 0 amide bonds. The molecular formula is C10H32N12P4. The molecule has 2 saturated heterocycles. The Labute approximate surface area is 156 Å². The van der Waals surface area contributed by atoms with Crippen LogP contribution < -0.4 is 21.2 Å². The minimum absolute atomic E-state index is 0.931. The Bertz CT molecular complexity index is 726. The van der Waals surface area contributed by atoms with Crippen LogP contribution >= 0.6 is 30.0 Å². The molecule has 0 saturated carbocycles. The van der Waals surface area contributed by atoms with Crippen molar-refractivity contribution < 1.29 is 0 Å². The summed E-state index contributed by atoms with van der Waals surface area (Å²) in [5.41, 5.74) is 13.7. The largest absolute Gasteiger partial charge is 0.267 e. The van der Waals surface area contributed by atoms with Crippen molar-refractivity contribution in [3.05, 3.63) is 0 Å². The van der Waals surface area contributed by atoms with Crippen LogP contribution in [0.4, 0.5) is 0 Å². The molecule has 3 aliphatic heterocycles. The van der Waals surface area contributed by atoms with E-state index >= 15 is 0 Å². The maximum Gasteiger partial charge on any atom is 0.218 e. The van der Waals surface area contributed by atoms with Gasteiger partial charge < -0.3 is 0 Å². The van der Waals surface area contributed by atoms with Gasteiger partial charge in [-0.2, -0.15) is 18.1 Å². The van der Waals surface area contributed by atoms with E-state index in [9.17, 15) is 0 Å². The van der Waals surface area contributed by atoms with E-state index in [4.69, 9.17) is 29.1 Å². The highest BCUT2D eigenvalue weighted by Gasteiger charge is 2.45. The van der Waals surface area contributed by atoms with E-state index in [0.29, 0.717) is 0 Å². The van der Waals surface area contributed by atoms with Gasteiger partial charge in [-0.3, -0.25) is 21.2 Å². The molecule has 16 heteroatoms. The summed E-state index contributed by atoms with van der Waals surface area (Å²) < 4.78 is 28.9. The molecule has 152 valence electrons. The van der Waals surface area contributed by atoms with E-state index in [0.717, 1.165) is 26.2 Å². The number of nitrogens with two attached hydrogens (primary N) is 2. The van der Waals surface area contributed by atoms with E-state index in [-0.39, 0.29) is 0 Å². The van der Waals surface area contributed by atoms with Crippen molar-refractivity contribution in [1.29, 1.82) is 0 Å². The van der Waals surface area contributed by atoms with Crippen molar-refractivity contribution >= 4 is 30.0 Å². The van der Waals surface area contributed by atoms with Crippen LogP contribution in [-0.4, -0.2) is 87.1 Å². The number of nitrogens with zero attached hydrogens (tertiary/aromatic N) is 8. The predicted molar refractivity (Wildman–Crippen MR) is 114 cm³/mol. The van der Waals surface area contributed by atoms with E-state index < -0.39 is 30.0 Å². The molecule has 12 nitrogen and oxygen atoms in total. The monoisotopic (exact) mass is 444 g/mol. The molecule has 26 heavy (non-hydrogen) atoms. The summed E-state index contributed by atoms with van der Waals surface area (Å²) in [4.78, 5) is 0. The Morgan fingerprint density at radius 1 is 0.692 bits per heavy atom. The third-order valence-electron chi connectivity index (χ3n) is 4.44. The van der Waals surface area contributed by atoms with Gasteiger partial charge in [-0.15, -0.1) is 0 Å². The minimum atomic E-state index is -2.67. The van der Waals surface area contributed by atoms with Gasteiger partial charge >= 0.3 is 0 Å². The fourth-order valence-electron chi connectivity index (χ4n) is 2.46. The summed E-state index contributed by atoms with van der Waals surface area (Å²) in [5, 5.41) is 6.72. The van der Waals surface area contributed by atoms with Crippen LogP contribution in [0.5, 0.6) is 0 Å². The molecule has 6 N–H and O–H groups in total. The molecule has 0 aromatic carbocycles. The van der Waals surface area contributed by atoms with Gasteiger partial charge in [-0.25, -0.2) is 18.7 Å². The molecule has 0 radical (unpaired) electrons. The lowest BCUT2D eigenvalue weighted by Gasteiger charge is -2.37. The van der Waals surface area contributed by atoms with Crippen LogP contribution in [0.15, 0.2) is 18.1 Å². The van der Waals surface area contributed by atoms with Crippen LogP contribution in [0.25, 0.3) is 0 Å². The van der Waals surface area contributed by atoms with Crippen LogP contribution in [0.1, 0.15) is 0 Å². The molecule has 3 rings (SSSR count). The van der Waals surface area contributed by atoms with E-state index in [1.165, 1.54) is 0 Å². The Kier molecular flexibility index (Phi) is 5.85. The molecule has 4 unspecified atom stereocenters. The zero-order valence-corrected chi connectivity index (χ0v) is 19.9. The number of hydrogen-bond acceptors (Lipinski definition) is 12. The normalized spacial score (nSPS) is 43.8. The van der Waals surface area contributed by atoms with Crippen molar-refractivity contribution in [3.63, 3.8) is 0 Å². The first-order valence-electron chi connectivity index (χ1n) is 8.42. The molecule has 4 atom stereocenters. The third kappa shape index (κ3) is 3.73. The maximum atomic E-state index is 6.83. The first kappa shape index (κ1) is 21.3. The van der Waals surface area contributed by atoms with Crippen LogP contribution in [0.3, 0.4) is 0 Å². The molecule has 0 aromatic heterocycles. The highest BCUT2D eigenvalue weighted by atomic mass is 31.3. The van der Waals surface area contributed by atoms with E-state index in [2.05, 4.69) is 19.5 Å². The summed E-state index contributed by atoms with van der Waals surface area (Å²) in [6.45, 7) is 3.73. The summed E-state index contributed by atoms with van der Waals surface area (Å²) in [5.74, 6) is 0. The van der Waals surface area contributed by atoms with Crippen molar-refractivity contribution in [2.24, 2.45) is 29.1 Å². The van der Waals surface area contributed by atoms with Crippen molar-refractivity contribution in [2.75, 3.05) is 68.5 Å². The minimum Gasteiger partial charge on any atom is -0.267 e. The van der Waals surface area contributed by atoms with E-state index in [1.807, 2.05) is 51.6 Å². The Morgan fingerprint density at radius 2 is 1.00 bits per heavy atom. The van der Waals surface area contributed by atoms with Gasteiger partial charge in [-0.05, 0) is 42.3 Å². The van der Waals surface area contributed by atoms with Gasteiger partial charge in [0, 0.05) is 26.2 Å². The Balaban J connectivity index is 2.40. The van der Waals surface area contributed by atoms with Crippen LogP contribution in [0, 0.1) is 0 Å². The second-order valence-electron chi connectivity index (χ2n) is 6.77. The molecular weight excluding hydrogens is 412 g/mol. The van der Waals surface area contributed by atoms with Crippen LogP contribution in [0.2, 0.25) is 0 Å². The first-order chi connectivity index (χ1) is 12.0. The lowest BCUT2D eigenvalue weighted by molar-refractivity contribution is 0.663. The SMILES string of the molecule is CNP1(N2CC2)=NP(N)(N(C)C)=NP(NC)(N2CC2)=NP(N)(N(C)C)=N1. The predicted octanol–water partition coefficient (Wildman–Crippen LogP) is 1.90. The number of rotatable bonds is 6. The fraction of sp³-hybridized carbons (Fsp3) is 1.00. The Hall–Kier alpha value is 0.600. The fourth-order valence-corrected chi connectivity index (χ4v) is 17.9. The van der Waals surface area contributed by atoms with Crippen molar-refractivity contribution in [2.45, 2.75) is 0 Å². The molecule has 3 heterocycles. The second kappa shape index (κ2) is 7.13. The Morgan fingerprint density at radius 3 is 1.19 bits per heavy atom. The average Bonchev–Trinajstić information content (AvgIpc) is 3.43. The van der Waals surface area contributed by atoms with Gasteiger partial charge in [0.2, 0.25) is 30.0 Å². The average molecular weight is 444 g/mol. The summed E-state index contributed by atoms with van der Waals surface area (Å²) in [6.07, 6.45) is 0. The maximum absolute atomic E-state index is 6.83. The molecule has 2 fully saturated rings.